The fourth-order valence-corrected chi connectivity index (χ4v) is 7.24. The average molecular weight is 670 g/mol. The van der Waals surface area contributed by atoms with Crippen LogP contribution in [0.2, 0.25) is 0 Å². The van der Waals surface area contributed by atoms with E-state index in [0.717, 1.165) is 73.4 Å². The summed E-state index contributed by atoms with van der Waals surface area (Å²) in [6, 6.07) is 16.9. The van der Waals surface area contributed by atoms with Crippen molar-refractivity contribution in [3.05, 3.63) is 89.1 Å². The highest BCUT2D eigenvalue weighted by molar-refractivity contribution is 7.90. The first-order valence-corrected chi connectivity index (χ1v) is 18.1. The monoisotopic (exact) mass is 669 g/mol. The summed E-state index contributed by atoms with van der Waals surface area (Å²) < 4.78 is 40.1. The normalized spacial score (nSPS) is 13.8. The Kier molecular flexibility index (Phi) is 11.5. The molecule has 0 saturated heterocycles. The molecule has 0 radical (unpaired) electrons. The zero-order chi connectivity index (χ0) is 34.1. The van der Waals surface area contributed by atoms with E-state index >= 15 is 0 Å². The number of carbonyl (C=O) groups is 2. The third kappa shape index (κ3) is 8.39. The van der Waals surface area contributed by atoms with Crippen LogP contribution in [-0.2, 0) is 14.8 Å². The molecule has 4 aromatic rings. The number of nitrogens with one attached hydrogen (secondary N) is 3. The van der Waals surface area contributed by atoms with Crippen LogP contribution in [0.5, 0.6) is 5.75 Å². The van der Waals surface area contributed by atoms with Crippen molar-refractivity contribution in [1.29, 1.82) is 0 Å². The number of sulfonamides is 1. The number of hydrogen-bond acceptors (Lipinski definition) is 6. The molecule has 1 heterocycles. The van der Waals surface area contributed by atoms with Crippen molar-refractivity contribution >= 4 is 38.6 Å². The minimum atomic E-state index is -4.20. The van der Waals surface area contributed by atoms with E-state index in [1.807, 2.05) is 31.3 Å². The van der Waals surface area contributed by atoms with Gasteiger partial charge >= 0.3 is 6.09 Å². The van der Waals surface area contributed by atoms with E-state index in [9.17, 15) is 18.0 Å². The van der Waals surface area contributed by atoms with E-state index in [1.165, 1.54) is 13.2 Å². The Morgan fingerprint density at radius 1 is 1.00 bits per heavy atom. The van der Waals surface area contributed by atoms with Gasteiger partial charge in [0.15, 0.2) is 0 Å². The zero-order valence-electron chi connectivity index (χ0n) is 27.7. The second-order valence-electron chi connectivity index (χ2n) is 12.2. The van der Waals surface area contributed by atoms with Gasteiger partial charge < -0.3 is 14.5 Å². The maximum absolute atomic E-state index is 13.3. The lowest BCUT2D eigenvalue weighted by Crippen LogP contribution is -2.31. The number of fused-ring (bicyclic) bond motifs is 1. The molecule has 5 rings (SSSR count). The fraction of sp³-hybridized carbons (Fsp3) is 0.368. The second-order valence-corrected chi connectivity index (χ2v) is 13.8. The summed E-state index contributed by atoms with van der Waals surface area (Å²) in [5, 5.41) is 3.77. The van der Waals surface area contributed by atoms with Gasteiger partial charge in [0, 0.05) is 51.8 Å². The van der Waals surface area contributed by atoms with Crippen molar-refractivity contribution in [2.24, 2.45) is 0 Å². The highest BCUT2D eigenvalue weighted by Crippen LogP contribution is 2.37. The highest BCUT2D eigenvalue weighted by atomic mass is 32.2. The Bertz CT molecular complexity index is 1930. The van der Waals surface area contributed by atoms with Crippen LogP contribution in [0.1, 0.15) is 105 Å². The van der Waals surface area contributed by atoms with Crippen LogP contribution in [0.4, 0.5) is 10.5 Å². The molecule has 1 aliphatic carbocycles. The van der Waals surface area contributed by atoms with Crippen LogP contribution >= 0.6 is 0 Å². The molecule has 10 heteroatoms. The molecule has 3 N–H and O–H groups in total. The molecular formula is C38H43N3O6S. The Balaban J connectivity index is 1.31. The molecule has 1 aliphatic rings. The molecule has 0 aliphatic heterocycles. The lowest BCUT2D eigenvalue weighted by molar-refractivity contribution is 0.0980. The van der Waals surface area contributed by atoms with Gasteiger partial charge in [-0.15, -0.1) is 0 Å². The van der Waals surface area contributed by atoms with Crippen LogP contribution < -0.4 is 14.8 Å². The van der Waals surface area contributed by atoms with Gasteiger partial charge in [0.25, 0.3) is 15.9 Å². The number of amides is 2. The van der Waals surface area contributed by atoms with Crippen LogP contribution in [0, 0.1) is 11.8 Å². The first-order chi connectivity index (χ1) is 23.2. The molecule has 48 heavy (non-hydrogen) atoms. The van der Waals surface area contributed by atoms with E-state index in [-0.39, 0.29) is 22.5 Å². The third-order valence-electron chi connectivity index (χ3n) is 8.75. The number of carbonyl (C=O) groups excluding carboxylic acids is 2. The summed E-state index contributed by atoms with van der Waals surface area (Å²) in [6.45, 7) is 4.16. The fourth-order valence-electron chi connectivity index (χ4n) is 6.10. The molecule has 3 aromatic carbocycles. The van der Waals surface area contributed by atoms with Gasteiger partial charge in [0.2, 0.25) is 0 Å². The molecule has 1 atom stereocenters. The number of anilines is 1. The van der Waals surface area contributed by atoms with Crippen LogP contribution in [0.15, 0.2) is 71.8 Å². The van der Waals surface area contributed by atoms with Crippen molar-refractivity contribution in [2.75, 3.05) is 12.4 Å². The van der Waals surface area contributed by atoms with Crippen molar-refractivity contribution < 1.29 is 27.5 Å². The van der Waals surface area contributed by atoms with Crippen molar-refractivity contribution in [1.82, 2.24) is 9.71 Å². The molecule has 0 spiro atoms. The largest absolute Gasteiger partial charge is 0.496 e. The summed E-state index contributed by atoms with van der Waals surface area (Å²) >= 11 is 0. The van der Waals surface area contributed by atoms with Crippen molar-refractivity contribution in [3.8, 4) is 17.6 Å². The Labute approximate surface area is 282 Å². The maximum atomic E-state index is 13.3. The number of aromatic amines is 1. The van der Waals surface area contributed by atoms with Crippen molar-refractivity contribution in [2.45, 2.75) is 88.6 Å². The molecule has 1 unspecified atom stereocenters. The first-order valence-electron chi connectivity index (χ1n) is 16.6. The SMILES string of the molecule is CCCCCCC#Cc1ccccc1S(=O)(=O)NC(=O)c1ccc(C(C)c2c[nH]c3ccc(NC(=O)OC4CCCC4)cc23)c(OC)c1. The molecule has 0 bridgehead atoms. The van der Waals surface area contributed by atoms with Crippen LogP contribution in [0.25, 0.3) is 10.9 Å². The minimum absolute atomic E-state index is 0.0331. The molecule has 1 saturated carbocycles. The minimum Gasteiger partial charge on any atom is -0.496 e. The van der Waals surface area contributed by atoms with Gasteiger partial charge in [0.05, 0.1) is 7.11 Å². The van der Waals surface area contributed by atoms with Gasteiger partial charge in [-0.3, -0.25) is 10.1 Å². The van der Waals surface area contributed by atoms with E-state index < -0.39 is 22.0 Å². The third-order valence-corrected chi connectivity index (χ3v) is 10.1. The smallest absolute Gasteiger partial charge is 0.411 e. The number of hydrogen-bond donors (Lipinski definition) is 3. The van der Waals surface area contributed by atoms with Crippen LogP contribution in [-0.4, -0.2) is 38.6 Å². The molecule has 1 fully saturated rings. The summed E-state index contributed by atoms with van der Waals surface area (Å²) in [7, 11) is -2.69. The number of aromatic nitrogens is 1. The predicted octanol–water partition coefficient (Wildman–Crippen LogP) is 8.26. The number of H-pyrrole nitrogens is 1. The van der Waals surface area contributed by atoms with Gasteiger partial charge in [-0.1, -0.05) is 63.1 Å². The van der Waals surface area contributed by atoms with E-state index in [0.29, 0.717) is 23.4 Å². The molecule has 252 valence electrons. The Morgan fingerprint density at radius 2 is 1.79 bits per heavy atom. The average Bonchev–Trinajstić information content (AvgIpc) is 3.75. The lowest BCUT2D eigenvalue weighted by Gasteiger charge is -2.17. The standard InChI is InChI=1S/C38H43N3O6S/c1-4-5-6-7-8-9-14-27-15-10-13-18-36(27)48(44,45)41-37(42)28-19-21-31(35(23-28)46-3)26(2)33-25-39-34-22-20-29(24-32(33)34)40-38(43)47-30-16-11-12-17-30/h10,13,15,18-26,30,39H,4-8,11-12,16-17H2,1-3H3,(H,40,43)(H,41,42). The quantitative estimate of drug-likeness (QED) is 0.103. The molecule has 9 nitrogen and oxygen atoms in total. The number of benzene rings is 3. The second kappa shape index (κ2) is 15.9. The summed E-state index contributed by atoms with van der Waals surface area (Å²) in [4.78, 5) is 29.0. The predicted molar refractivity (Wildman–Crippen MR) is 188 cm³/mol. The van der Waals surface area contributed by atoms with Crippen LogP contribution in [0.3, 0.4) is 0 Å². The summed E-state index contributed by atoms with van der Waals surface area (Å²) in [6.07, 6.45) is 10.4. The molecule has 1 aromatic heterocycles. The lowest BCUT2D eigenvalue weighted by atomic mass is 9.91. The Hall–Kier alpha value is -4.75. The highest BCUT2D eigenvalue weighted by Gasteiger charge is 2.24. The first kappa shape index (κ1) is 34.6. The summed E-state index contributed by atoms with van der Waals surface area (Å²) in [5.41, 5.74) is 3.76. The number of rotatable bonds is 12. The Morgan fingerprint density at radius 3 is 2.56 bits per heavy atom. The topological polar surface area (TPSA) is 127 Å². The number of methoxy groups -OCH3 is 1. The molecule has 2 amide bonds. The van der Waals surface area contributed by atoms with E-state index in [4.69, 9.17) is 9.47 Å². The molecular weight excluding hydrogens is 627 g/mol. The number of ether oxygens (including phenoxy) is 2. The van der Waals surface area contributed by atoms with E-state index in [1.54, 1.807) is 36.4 Å². The maximum Gasteiger partial charge on any atom is 0.411 e. The van der Waals surface area contributed by atoms with Crippen molar-refractivity contribution in [3.63, 3.8) is 0 Å². The zero-order valence-corrected chi connectivity index (χ0v) is 28.5. The van der Waals surface area contributed by atoms with E-state index in [2.05, 4.69) is 33.8 Å². The number of unbranched alkanes of at least 4 members (excludes halogenated alkanes) is 4. The van der Waals surface area contributed by atoms with Gasteiger partial charge in [-0.25, -0.2) is 17.9 Å². The van der Waals surface area contributed by atoms with Gasteiger partial charge in [-0.05, 0) is 80.1 Å². The van der Waals surface area contributed by atoms with Gasteiger partial charge in [0.1, 0.15) is 16.7 Å². The van der Waals surface area contributed by atoms with Gasteiger partial charge in [-0.2, -0.15) is 0 Å². The summed E-state index contributed by atoms with van der Waals surface area (Å²) in [5.74, 6) is 5.52.